The van der Waals surface area contributed by atoms with Gasteiger partial charge in [-0.25, -0.2) is 0 Å². The van der Waals surface area contributed by atoms with Gasteiger partial charge in [0.15, 0.2) is 0 Å². The highest BCUT2D eigenvalue weighted by Gasteiger charge is 2.02. The average molecular weight is 295 g/mol. The highest BCUT2D eigenvalue weighted by molar-refractivity contribution is 5.92. The highest BCUT2D eigenvalue weighted by atomic mass is 16.5. The Morgan fingerprint density at radius 1 is 1.14 bits per heavy atom. The zero-order valence-corrected chi connectivity index (χ0v) is 12.3. The van der Waals surface area contributed by atoms with Gasteiger partial charge in [-0.1, -0.05) is 12.1 Å². The molecular formula is C17H17N3O2. The van der Waals surface area contributed by atoms with Crippen molar-refractivity contribution in [2.24, 2.45) is 0 Å². The Morgan fingerprint density at radius 3 is 2.41 bits per heavy atom. The number of nitrogens with one attached hydrogen (secondary N) is 2. The van der Waals surface area contributed by atoms with Crippen LogP contribution < -0.4 is 15.4 Å². The van der Waals surface area contributed by atoms with Gasteiger partial charge in [-0.3, -0.25) is 4.79 Å². The standard InChI is InChI=1S/C17H17N3O2/c1-22-16-8-4-14(5-9-16)11-19-12-17(21)20-15-6-2-13(10-18)3-7-15/h2-9,19H,11-12H2,1H3,(H,20,21). The predicted octanol–water partition coefficient (Wildman–Crippen LogP) is 2.30. The number of rotatable bonds is 6. The summed E-state index contributed by atoms with van der Waals surface area (Å²) < 4.78 is 5.09. The van der Waals surface area contributed by atoms with Crippen LogP contribution in [0.4, 0.5) is 5.69 Å². The van der Waals surface area contributed by atoms with E-state index >= 15 is 0 Å². The molecule has 2 N–H and O–H groups in total. The first-order valence-corrected chi connectivity index (χ1v) is 6.85. The van der Waals surface area contributed by atoms with Crippen LogP contribution in [0, 0.1) is 11.3 Å². The number of anilines is 1. The molecule has 5 nitrogen and oxygen atoms in total. The molecule has 22 heavy (non-hydrogen) atoms. The van der Waals surface area contributed by atoms with Gasteiger partial charge in [0.2, 0.25) is 5.91 Å². The van der Waals surface area contributed by atoms with Crippen molar-refractivity contribution in [1.82, 2.24) is 5.32 Å². The number of hydrogen-bond acceptors (Lipinski definition) is 4. The van der Waals surface area contributed by atoms with Gasteiger partial charge in [-0.05, 0) is 42.0 Å². The summed E-state index contributed by atoms with van der Waals surface area (Å²) in [7, 11) is 1.63. The second kappa shape index (κ2) is 7.81. The molecule has 0 aliphatic rings. The van der Waals surface area contributed by atoms with Crippen molar-refractivity contribution >= 4 is 11.6 Å². The van der Waals surface area contributed by atoms with Crippen molar-refractivity contribution in [2.75, 3.05) is 19.0 Å². The summed E-state index contributed by atoms with van der Waals surface area (Å²) in [6, 6.07) is 16.4. The van der Waals surface area contributed by atoms with Crippen molar-refractivity contribution in [3.8, 4) is 11.8 Å². The van der Waals surface area contributed by atoms with E-state index in [2.05, 4.69) is 10.6 Å². The van der Waals surface area contributed by atoms with Gasteiger partial charge in [-0.2, -0.15) is 5.26 Å². The molecule has 0 saturated heterocycles. The van der Waals surface area contributed by atoms with E-state index in [1.165, 1.54) is 0 Å². The van der Waals surface area contributed by atoms with E-state index < -0.39 is 0 Å². The summed E-state index contributed by atoms with van der Waals surface area (Å²) in [6.45, 7) is 0.816. The molecule has 0 bridgehead atoms. The predicted molar refractivity (Wildman–Crippen MR) is 84.5 cm³/mol. The third kappa shape index (κ3) is 4.62. The number of nitrogens with zero attached hydrogens (tertiary/aromatic N) is 1. The third-order valence-corrected chi connectivity index (χ3v) is 3.07. The van der Waals surface area contributed by atoms with E-state index in [1.807, 2.05) is 30.3 Å². The van der Waals surface area contributed by atoms with Crippen LogP contribution in [0.3, 0.4) is 0 Å². The molecule has 0 saturated carbocycles. The lowest BCUT2D eigenvalue weighted by Crippen LogP contribution is -2.27. The Labute approximate surface area is 129 Å². The van der Waals surface area contributed by atoms with E-state index in [-0.39, 0.29) is 12.5 Å². The van der Waals surface area contributed by atoms with Crippen molar-refractivity contribution < 1.29 is 9.53 Å². The molecule has 0 aliphatic heterocycles. The molecule has 0 radical (unpaired) electrons. The van der Waals surface area contributed by atoms with Crippen LogP contribution in [-0.2, 0) is 11.3 Å². The molecule has 1 amide bonds. The molecule has 5 heteroatoms. The second-order valence-electron chi connectivity index (χ2n) is 4.69. The number of carbonyl (C=O) groups is 1. The molecule has 0 aromatic heterocycles. The van der Waals surface area contributed by atoms with Crippen molar-refractivity contribution in [3.63, 3.8) is 0 Å². The lowest BCUT2D eigenvalue weighted by Gasteiger charge is -2.07. The summed E-state index contributed by atoms with van der Waals surface area (Å²) in [4.78, 5) is 11.8. The van der Waals surface area contributed by atoms with Crippen molar-refractivity contribution in [2.45, 2.75) is 6.54 Å². The first-order chi connectivity index (χ1) is 10.7. The van der Waals surface area contributed by atoms with Crippen LogP contribution in [0.15, 0.2) is 48.5 Å². The van der Waals surface area contributed by atoms with Crippen LogP contribution in [0.2, 0.25) is 0 Å². The van der Waals surface area contributed by atoms with E-state index in [0.717, 1.165) is 11.3 Å². The maximum Gasteiger partial charge on any atom is 0.238 e. The molecule has 2 aromatic rings. The maximum absolute atomic E-state index is 11.8. The minimum absolute atomic E-state index is 0.127. The summed E-state index contributed by atoms with van der Waals surface area (Å²) in [5.74, 6) is 0.681. The number of carbonyl (C=O) groups excluding carboxylic acids is 1. The molecule has 2 aromatic carbocycles. The van der Waals surface area contributed by atoms with Gasteiger partial charge in [0, 0.05) is 12.2 Å². The Hall–Kier alpha value is -2.84. The molecule has 112 valence electrons. The fourth-order valence-corrected chi connectivity index (χ4v) is 1.90. The maximum atomic E-state index is 11.8. The molecule has 0 unspecified atom stereocenters. The number of methoxy groups -OCH3 is 1. The molecule has 0 heterocycles. The molecule has 2 rings (SSSR count). The minimum Gasteiger partial charge on any atom is -0.497 e. The summed E-state index contributed by atoms with van der Waals surface area (Å²) >= 11 is 0. The van der Waals surface area contributed by atoms with Crippen LogP contribution in [0.1, 0.15) is 11.1 Å². The summed E-state index contributed by atoms with van der Waals surface area (Å²) in [5.41, 5.74) is 2.32. The Kier molecular flexibility index (Phi) is 5.52. The highest BCUT2D eigenvalue weighted by Crippen LogP contribution is 2.11. The number of hydrogen-bond donors (Lipinski definition) is 2. The Balaban J connectivity index is 1.76. The molecule has 0 spiro atoms. The summed E-state index contributed by atoms with van der Waals surface area (Å²) in [6.07, 6.45) is 0. The fraction of sp³-hybridized carbons (Fsp3) is 0.176. The first kappa shape index (κ1) is 15.5. The monoisotopic (exact) mass is 295 g/mol. The third-order valence-electron chi connectivity index (χ3n) is 3.07. The normalized spacial score (nSPS) is 9.82. The van der Waals surface area contributed by atoms with Crippen LogP contribution >= 0.6 is 0 Å². The number of nitriles is 1. The first-order valence-electron chi connectivity index (χ1n) is 6.85. The van der Waals surface area contributed by atoms with Gasteiger partial charge in [0.1, 0.15) is 5.75 Å². The number of benzene rings is 2. The van der Waals surface area contributed by atoms with E-state index in [9.17, 15) is 4.79 Å². The van der Waals surface area contributed by atoms with Crippen LogP contribution in [0.25, 0.3) is 0 Å². The lowest BCUT2D eigenvalue weighted by molar-refractivity contribution is -0.115. The van der Waals surface area contributed by atoms with E-state index in [4.69, 9.17) is 10.00 Å². The van der Waals surface area contributed by atoms with Gasteiger partial charge in [0.25, 0.3) is 0 Å². The average Bonchev–Trinajstić information content (AvgIpc) is 2.56. The molecule has 0 aliphatic carbocycles. The summed E-state index contributed by atoms with van der Waals surface area (Å²) in [5, 5.41) is 14.6. The Morgan fingerprint density at radius 2 is 1.82 bits per heavy atom. The SMILES string of the molecule is COc1ccc(CNCC(=O)Nc2ccc(C#N)cc2)cc1. The largest absolute Gasteiger partial charge is 0.497 e. The smallest absolute Gasteiger partial charge is 0.238 e. The molecular weight excluding hydrogens is 278 g/mol. The van der Waals surface area contributed by atoms with Gasteiger partial charge in [0.05, 0.1) is 25.3 Å². The number of amides is 1. The van der Waals surface area contributed by atoms with E-state index in [1.54, 1.807) is 31.4 Å². The quantitative estimate of drug-likeness (QED) is 0.857. The zero-order chi connectivity index (χ0) is 15.8. The number of ether oxygens (including phenoxy) is 1. The van der Waals surface area contributed by atoms with Gasteiger partial charge in [-0.15, -0.1) is 0 Å². The zero-order valence-electron chi connectivity index (χ0n) is 12.3. The van der Waals surface area contributed by atoms with Crippen LogP contribution in [0.5, 0.6) is 5.75 Å². The molecule has 0 fully saturated rings. The van der Waals surface area contributed by atoms with Gasteiger partial charge < -0.3 is 15.4 Å². The Bertz CT molecular complexity index is 658. The van der Waals surface area contributed by atoms with E-state index in [0.29, 0.717) is 17.8 Å². The lowest BCUT2D eigenvalue weighted by atomic mass is 10.2. The van der Waals surface area contributed by atoms with Gasteiger partial charge >= 0.3 is 0 Å². The second-order valence-corrected chi connectivity index (χ2v) is 4.69. The van der Waals surface area contributed by atoms with Crippen molar-refractivity contribution in [3.05, 3.63) is 59.7 Å². The van der Waals surface area contributed by atoms with Crippen LogP contribution in [-0.4, -0.2) is 19.6 Å². The van der Waals surface area contributed by atoms with Crippen molar-refractivity contribution in [1.29, 1.82) is 5.26 Å². The fourth-order valence-electron chi connectivity index (χ4n) is 1.90. The minimum atomic E-state index is -0.127. The topological polar surface area (TPSA) is 74.2 Å². The molecule has 0 atom stereocenters.